The molecule has 0 saturated heterocycles. The number of benzene rings is 3. The summed E-state index contributed by atoms with van der Waals surface area (Å²) in [5.41, 5.74) is 4.30. The highest BCUT2D eigenvalue weighted by atomic mass is 35.5. The minimum atomic E-state index is -0.242. The monoisotopic (exact) mass is 441 g/mol. The first kappa shape index (κ1) is 20.0. The molecule has 0 unspecified atom stereocenters. The molecule has 6 nitrogen and oxygen atoms in total. The quantitative estimate of drug-likeness (QED) is 0.387. The van der Waals surface area contributed by atoms with Crippen molar-refractivity contribution in [2.45, 2.75) is 13.1 Å². The molecule has 2 N–H and O–H groups in total. The van der Waals surface area contributed by atoms with Gasteiger partial charge in [-0.05, 0) is 29.3 Å². The SMILES string of the molecule is O=C(NCc1ncc(-c2ccccc2)[nH]1)c1nn(Cc2ccc(Cl)cc2)c2ccccc12. The number of halogens is 1. The summed E-state index contributed by atoms with van der Waals surface area (Å²) in [6.07, 6.45) is 1.77. The molecule has 2 heterocycles. The van der Waals surface area contributed by atoms with Crippen molar-refractivity contribution in [3.05, 3.63) is 107 Å². The van der Waals surface area contributed by atoms with E-state index in [1.165, 1.54) is 0 Å². The summed E-state index contributed by atoms with van der Waals surface area (Å²) in [6.45, 7) is 0.827. The first-order valence-electron chi connectivity index (χ1n) is 10.2. The first-order chi connectivity index (χ1) is 15.7. The number of carbonyl (C=O) groups excluding carboxylic acids is 1. The van der Waals surface area contributed by atoms with Crippen molar-refractivity contribution >= 4 is 28.4 Å². The van der Waals surface area contributed by atoms with Crippen molar-refractivity contribution in [2.75, 3.05) is 0 Å². The van der Waals surface area contributed by atoms with Crippen LogP contribution < -0.4 is 5.32 Å². The predicted octanol–water partition coefficient (Wildman–Crippen LogP) is 5.06. The number of nitrogens with one attached hydrogen (secondary N) is 2. The first-order valence-corrected chi connectivity index (χ1v) is 10.6. The van der Waals surface area contributed by atoms with Crippen molar-refractivity contribution in [2.24, 2.45) is 0 Å². The summed E-state index contributed by atoms with van der Waals surface area (Å²) in [6, 6.07) is 25.3. The van der Waals surface area contributed by atoms with Crippen molar-refractivity contribution < 1.29 is 4.79 Å². The molecule has 5 rings (SSSR count). The van der Waals surface area contributed by atoms with Crippen molar-refractivity contribution in [1.29, 1.82) is 0 Å². The van der Waals surface area contributed by atoms with E-state index in [-0.39, 0.29) is 12.5 Å². The van der Waals surface area contributed by atoms with Gasteiger partial charge in [-0.1, -0.05) is 72.3 Å². The largest absolute Gasteiger partial charge is 0.343 e. The Bertz CT molecular complexity index is 1370. The minimum Gasteiger partial charge on any atom is -0.343 e. The summed E-state index contributed by atoms with van der Waals surface area (Å²) in [5.74, 6) is 0.441. The molecule has 3 aromatic carbocycles. The van der Waals surface area contributed by atoms with Gasteiger partial charge in [0.05, 0.1) is 30.5 Å². The number of para-hydroxylation sites is 1. The van der Waals surface area contributed by atoms with Gasteiger partial charge in [-0.2, -0.15) is 5.10 Å². The number of aromatic amines is 1. The maximum absolute atomic E-state index is 13.0. The summed E-state index contributed by atoms with van der Waals surface area (Å²) in [5, 5.41) is 9.04. The summed E-state index contributed by atoms with van der Waals surface area (Å²) < 4.78 is 1.84. The third-order valence-electron chi connectivity index (χ3n) is 5.25. The summed E-state index contributed by atoms with van der Waals surface area (Å²) in [7, 11) is 0. The topological polar surface area (TPSA) is 75.6 Å². The third-order valence-corrected chi connectivity index (χ3v) is 5.50. The molecule has 7 heteroatoms. The molecule has 0 fully saturated rings. The predicted molar refractivity (Wildman–Crippen MR) is 125 cm³/mol. The molecule has 1 amide bonds. The zero-order valence-corrected chi connectivity index (χ0v) is 17.9. The molecule has 0 spiro atoms. The Hall–Kier alpha value is -3.90. The number of imidazole rings is 1. The molecular weight excluding hydrogens is 422 g/mol. The van der Waals surface area contributed by atoms with Gasteiger partial charge in [0.15, 0.2) is 5.69 Å². The van der Waals surface area contributed by atoms with E-state index >= 15 is 0 Å². The van der Waals surface area contributed by atoms with Crippen LogP contribution in [0.25, 0.3) is 22.2 Å². The normalized spacial score (nSPS) is 11.0. The molecule has 0 bridgehead atoms. The smallest absolute Gasteiger partial charge is 0.272 e. The number of aromatic nitrogens is 4. The zero-order chi connectivity index (χ0) is 21.9. The Kier molecular flexibility index (Phi) is 5.44. The van der Waals surface area contributed by atoms with Gasteiger partial charge < -0.3 is 10.3 Å². The second kappa shape index (κ2) is 8.69. The highest BCUT2D eigenvalue weighted by Crippen LogP contribution is 2.21. The number of hydrogen-bond donors (Lipinski definition) is 2. The molecule has 0 atom stereocenters. The van der Waals surface area contributed by atoms with Crippen LogP contribution in [0.2, 0.25) is 5.02 Å². The lowest BCUT2D eigenvalue weighted by molar-refractivity contribution is 0.0945. The van der Waals surface area contributed by atoms with E-state index in [4.69, 9.17) is 11.6 Å². The lowest BCUT2D eigenvalue weighted by Gasteiger charge is -2.04. The van der Waals surface area contributed by atoms with Crippen LogP contribution in [0.5, 0.6) is 0 Å². The molecule has 5 aromatic rings. The fourth-order valence-corrected chi connectivity index (χ4v) is 3.77. The van der Waals surface area contributed by atoms with Crippen LogP contribution in [0.1, 0.15) is 21.9 Å². The fourth-order valence-electron chi connectivity index (χ4n) is 3.64. The molecule has 0 aliphatic carbocycles. The second-order valence-electron chi connectivity index (χ2n) is 7.44. The van der Waals surface area contributed by atoms with Crippen molar-refractivity contribution in [3.8, 4) is 11.3 Å². The van der Waals surface area contributed by atoms with Gasteiger partial charge >= 0.3 is 0 Å². The Labute approximate surface area is 189 Å². The standard InChI is InChI=1S/C25H20ClN5O/c26-19-12-10-17(11-13-19)16-31-22-9-5-4-8-20(22)24(30-31)25(32)28-15-23-27-14-21(29-23)18-6-2-1-3-7-18/h1-14H,15-16H2,(H,27,29)(H,28,32). The van der Waals surface area contributed by atoms with Crippen LogP contribution in [-0.4, -0.2) is 25.7 Å². The van der Waals surface area contributed by atoms with Gasteiger partial charge in [0.25, 0.3) is 5.91 Å². The number of carbonyl (C=O) groups is 1. The molecule has 0 radical (unpaired) electrons. The van der Waals surface area contributed by atoms with Crippen molar-refractivity contribution in [3.63, 3.8) is 0 Å². The zero-order valence-electron chi connectivity index (χ0n) is 17.1. The van der Waals surface area contributed by atoms with E-state index < -0.39 is 0 Å². The number of fused-ring (bicyclic) bond motifs is 1. The number of H-pyrrole nitrogens is 1. The van der Waals surface area contributed by atoms with Gasteiger partial charge in [0.2, 0.25) is 0 Å². The Balaban J connectivity index is 1.35. The van der Waals surface area contributed by atoms with Crippen LogP contribution in [0.15, 0.2) is 85.1 Å². The van der Waals surface area contributed by atoms with Gasteiger partial charge in [-0.25, -0.2) is 4.98 Å². The molecule has 32 heavy (non-hydrogen) atoms. The van der Waals surface area contributed by atoms with Crippen LogP contribution in [0, 0.1) is 0 Å². The highest BCUT2D eigenvalue weighted by molar-refractivity contribution is 6.30. The van der Waals surface area contributed by atoms with E-state index in [9.17, 15) is 4.79 Å². The van der Waals surface area contributed by atoms with Gasteiger partial charge in [0, 0.05) is 10.4 Å². The van der Waals surface area contributed by atoms with Gasteiger partial charge in [0.1, 0.15) is 5.82 Å². The maximum Gasteiger partial charge on any atom is 0.272 e. The highest BCUT2D eigenvalue weighted by Gasteiger charge is 2.17. The number of hydrogen-bond acceptors (Lipinski definition) is 3. The second-order valence-corrected chi connectivity index (χ2v) is 7.88. The van der Waals surface area contributed by atoms with Crippen LogP contribution in [0.3, 0.4) is 0 Å². The molecule has 0 aliphatic rings. The molecule has 0 aliphatic heterocycles. The average Bonchev–Trinajstić information content (AvgIpc) is 3.45. The lowest BCUT2D eigenvalue weighted by Crippen LogP contribution is -2.24. The Morgan fingerprint density at radius 2 is 1.72 bits per heavy atom. The van der Waals surface area contributed by atoms with Gasteiger partial charge in [-0.15, -0.1) is 0 Å². The third kappa shape index (κ3) is 4.13. The van der Waals surface area contributed by atoms with E-state index in [1.54, 1.807) is 6.20 Å². The Morgan fingerprint density at radius 1 is 0.969 bits per heavy atom. The number of amides is 1. The van der Waals surface area contributed by atoms with Crippen LogP contribution in [-0.2, 0) is 13.1 Å². The molecule has 0 saturated carbocycles. The molecule has 2 aromatic heterocycles. The minimum absolute atomic E-state index is 0.242. The number of rotatable bonds is 6. The van der Waals surface area contributed by atoms with E-state index in [2.05, 4.69) is 20.4 Å². The number of nitrogens with zero attached hydrogens (tertiary/aromatic N) is 3. The fraction of sp³-hybridized carbons (Fsp3) is 0.0800. The summed E-state index contributed by atoms with van der Waals surface area (Å²) >= 11 is 5.99. The van der Waals surface area contributed by atoms with E-state index in [1.807, 2.05) is 83.5 Å². The van der Waals surface area contributed by atoms with Crippen molar-refractivity contribution in [1.82, 2.24) is 25.1 Å². The van der Waals surface area contributed by atoms with E-state index in [0.717, 1.165) is 27.7 Å². The van der Waals surface area contributed by atoms with Crippen LogP contribution >= 0.6 is 11.6 Å². The lowest BCUT2D eigenvalue weighted by atomic mass is 10.2. The van der Waals surface area contributed by atoms with E-state index in [0.29, 0.717) is 23.1 Å². The van der Waals surface area contributed by atoms with Gasteiger partial charge in [-0.3, -0.25) is 9.48 Å². The maximum atomic E-state index is 13.0. The summed E-state index contributed by atoms with van der Waals surface area (Å²) in [4.78, 5) is 20.6. The Morgan fingerprint density at radius 3 is 2.53 bits per heavy atom. The molecule has 158 valence electrons. The van der Waals surface area contributed by atoms with Crippen LogP contribution in [0.4, 0.5) is 0 Å². The average molecular weight is 442 g/mol. The molecular formula is C25H20ClN5O.